The normalized spacial score (nSPS) is 15.5. The van der Waals surface area contributed by atoms with Gasteiger partial charge in [-0.2, -0.15) is 0 Å². The molecule has 0 fully saturated rings. The van der Waals surface area contributed by atoms with Crippen LogP contribution in [0.1, 0.15) is 35.4 Å². The number of carbonyl (C=O) groups excluding carboxylic acids is 1. The van der Waals surface area contributed by atoms with Crippen LogP contribution in [-0.4, -0.2) is 56.9 Å². The zero-order valence-electron chi connectivity index (χ0n) is 18.8. The van der Waals surface area contributed by atoms with Crippen LogP contribution in [0.3, 0.4) is 0 Å². The minimum Gasteiger partial charge on any atom is -0.384 e. The number of nitrogens with zero attached hydrogens (tertiary/aromatic N) is 1. The number of nitrogens with one attached hydrogen (secondary N) is 3. The van der Waals surface area contributed by atoms with Crippen LogP contribution in [0.15, 0.2) is 54.6 Å². The predicted octanol–water partition coefficient (Wildman–Crippen LogP) is 2.55. The molecule has 178 valence electrons. The first-order chi connectivity index (χ1) is 15.9. The van der Waals surface area contributed by atoms with E-state index in [9.17, 15) is 13.2 Å². The van der Waals surface area contributed by atoms with E-state index in [4.69, 9.17) is 5.21 Å². The van der Waals surface area contributed by atoms with Gasteiger partial charge in [-0.1, -0.05) is 42.5 Å². The van der Waals surface area contributed by atoms with Gasteiger partial charge in [-0.25, -0.2) is 18.6 Å². The van der Waals surface area contributed by atoms with Crippen molar-refractivity contribution < 1.29 is 18.4 Å². The van der Waals surface area contributed by atoms with Gasteiger partial charge in [-0.3, -0.25) is 14.9 Å². The number of amides is 1. The second-order valence-electron chi connectivity index (χ2n) is 8.16. The lowest BCUT2D eigenvalue weighted by Gasteiger charge is -2.24. The molecule has 2 aromatic rings. The first-order valence-corrected chi connectivity index (χ1v) is 12.7. The highest BCUT2D eigenvalue weighted by Crippen LogP contribution is 2.33. The maximum absolute atomic E-state index is 11.8. The van der Waals surface area contributed by atoms with E-state index < -0.39 is 15.9 Å². The van der Waals surface area contributed by atoms with E-state index >= 15 is 0 Å². The number of anilines is 1. The summed E-state index contributed by atoms with van der Waals surface area (Å²) in [6, 6.07) is 16.2. The molecule has 0 saturated heterocycles. The van der Waals surface area contributed by atoms with Crippen LogP contribution in [0.2, 0.25) is 0 Å². The summed E-state index contributed by atoms with van der Waals surface area (Å²) in [6.07, 6.45) is 4.43. The lowest BCUT2D eigenvalue weighted by molar-refractivity contribution is -0.124. The van der Waals surface area contributed by atoms with Crippen molar-refractivity contribution in [3.8, 4) is 0 Å². The number of benzene rings is 2. The molecule has 0 bridgehead atoms. The van der Waals surface area contributed by atoms with Crippen molar-refractivity contribution in [3.63, 3.8) is 0 Å². The molecule has 0 radical (unpaired) electrons. The number of sulfonamides is 1. The zero-order chi connectivity index (χ0) is 23.7. The summed E-state index contributed by atoms with van der Waals surface area (Å²) in [5.74, 6) is -0.0375. The van der Waals surface area contributed by atoms with Crippen molar-refractivity contribution in [2.75, 3.05) is 37.8 Å². The molecule has 4 N–H and O–H groups in total. The van der Waals surface area contributed by atoms with E-state index in [-0.39, 0.29) is 5.75 Å². The standard InChI is InChI=1S/C24H32N4O4S/c1-25-33(31,32)16-4-14-28(15-13-21-17-26-23-6-3-2-5-22(21)23)18-20-9-7-19(8-10-20)11-12-24(29)27-30/h2-3,5-12,21,25-26,30H,4,13-18H2,1H3,(H,27,29)/b12-11+. The van der Waals surface area contributed by atoms with Gasteiger partial charge in [0, 0.05) is 30.8 Å². The van der Waals surface area contributed by atoms with Crippen LogP contribution in [0, 0.1) is 0 Å². The van der Waals surface area contributed by atoms with Gasteiger partial charge in [0.2, 0.25) is 10.0 Å². The fraction of sp³-hybridized carbons (Fsp3) is 0.375. The highest BCUT2D eigenvalue weighted by Gasteiger charge is 2.22. The maximum atomic E-state index is 11.8. The lowest BCUT2D eigenvalue weighted by atomic mass is 9.97. The van der Waals surface area contributed by atoms with Gasteiger partial charge in [0.15, 0.2) is 0 Å². The van der Waals surface area contributed by atoms with E-state index in [2.05, 4.69) is 33.1 Å². The first-order valence-electron chi connectivity index (χ1n) is 11.1. The van der Waals surface area contributed by atoms with Crippen molar-refractivity contribution in [2.45, 2.75) is 25.3 Å². The average molecular weight is 473 g/mol. The number of fused-ring (bicyclic) bond motifs is 1. The highest BCUT2D eigenvalue weighted by atomic mass is 32.2. The summed E-state index contributed by atoms with van der Waals surface area (Å²) in [6.45, 7) is 3.17. The second-order valence-corrected chi connectivity index (χ2v) is 10.2. The van der Waals surface area contributed by atoms with Crippen LogP contribution in [0.5, 0.6) is 0 Å². The molecule has 1 unspecified atom stereocenters. The maximum Gasteiger partial charge on any atom is 0.267 e. The van der Waals surface area contributed by atoms with Crippen LogP contribution >= 0.6 is 0 Å². The molecule has 1 aliphatic rings. The molecule has 1 atom stereocenters. The Kier molecular flexibility index (Phi) is 9.02. The van der Waals surface area contributed by atoms with Gasteiger partial charge in [-0.15, -0.1) is 0 Å². The second kappa shape index (κ2) is 11.9. The Morgan fingerprint density at radius 2 is 1.94 bits per heavy atom. The van der Waals surface area contributed by atoms with Crippen molar-refractivity contribution in [1.82, 2.24) is 15.1 Å². The minimum atomic E-state index is -3.22. The molecule has 0 aliphatic carbocycles. The van der Waals surface area contributed by atoms with Gasteiger partial charge in [-0.05, 0) is 61.8 Å². The van der Waals surface area contributed by atoms with Crippen LogP contribution in [0.4, 0.5) is 5.69 Å². The van der Waals surface area contributed by atoms with Gasteiger partial charge in [0.1, 0.15) is 0 Å². The van der Waals surface area contributed by atoms with Crippen molar-refractivity contribution >= 4 is 27.7 Å². The topological polar surface area (TPSA) is 111 Å². The number of hydrogen-bond acceptors (Lipinski definition) is 6. The monoisotopic (exact) mass is 472 g/mol. The van der Waals surface area contributed by atoms with Gasteiger partial charge < -0.3 is 5.32 Å². The fourth-order valence-corrected chi connectivity index (χ4v) is 4.72. The molecule has 1 amide bonds. The van der Waals surface area contributed by atoms with Crippen LogP contribution in [-0.2, 0) is 21.4 Å². The number of para-hydroxylation sites is 1. The molecule has 0 saturated carbocycles. The molecule has 1 aliphatic heterocycles. The number of rotatable bonds is 12. The summed E-state index contributed by atoms with van der Waals surface area (Å²) in [5, 5.41) is 12.0. The summed E-state index contributed by atoms with van der Waals surface area (Å²) < 4.78 is 26.0. The molecular weight excluding hydrogens is 440 g/mol. The molecule has 0 spiro atoms. The highest BCUT2D eigenvalue weighted by molar-refractivity contribution is 7.89. The molecule has 1 heterocycles. The summed E-state index contributed by atoms with van der Waals surface area (Å²) in [4.78, 5) is 13.4. The van der Waals surface area contributed by atoms with Gasteiger partial charge in [0.25, 0.3) is 5.91 Å². The third-order valence-electron chi connectivity index (χ3n) is 5.85. The molecule has 2 aromatic carbocycles. The van der Waals surface area contributed by atoms with E-state index in [0.29, 0.717) is 25.4 Å². The van der Waals surface area contributed by atoms with E-state index in [1.54, 1.807) is 11.6 Å². The van der Waals surface area contributed by atoms with Gasteiger partial charge >= 0.3 is 0 Å². The lowest BCUT2D eigenvalue weighted by Crippen LogP contribution is -2.30. The molecule has 0 aromatic heterocycles. The largest absolute Gasteiger partial charge is 0.384 e. The number of hydroxylamine groups is 1. The molecule has 33 heavy (non-hydrogen) atoms. The molecule has 3 rings (SSSR count). The van der Waals surface area contributed by atoms with Crippen molar-refractivity contribution in [3.05, 3.63) is 71.3 Å². The van der Waals surface area contributed by atoms with Crippen molar-refractivity contribution in [1.29, 1.82) is 0 Å². The first kappa shape index (κ1) is 24.9. The van der Waals surface area contributed by atoms with E-state index in [1.807, 2.05) is 30.3 Å². The molecule has 8 nitrogen and oxygen atoms in total. The SMILES string of the molecule is CNS(=O)(=O)CCCN(CCC1CNc2ccccc21)Cc1ccc(/C=C/C(=O)NO)cc1. The zero-order valence-corrected chi connectivity index (χ0v) is 19.6. The Bertz CT molecular complexity index is 1050. The summed E-state index contributed by atoms with van der Waals surface area (Å²) in [7, 11) is -1.78. The summed E-state index contributed by atoms with van der Waals surface area (Å²) >= 11 is 0. The third kappa shape index (κ3) is 7.68. The fourth-order valence-electron chi connectivity index (χ4n) is 4.00. The minimum absolute atomic E-state index is 0.102. The molecular formula is C24H32N4O4S. The Hall–Kier alpha value is -2.72. The van der Waals surface area contributed by atoms with Crippen molar-refractivity contribution in [2.24, 2.45) is 0 Å². The van der Waals surface area contributed by atoms with Crippen LogP contribution < -0.4 is 15.5 Å². The van der Waals surface area contributed by atoms with E-state index in [0.717, 1.165) is 30.6 Å². The van der Waals surface area contributed by atoms with Gasteiger partial charge in [0.05, 0.1) is 5.75 Å². The Balaban J connectivity index is 1.62. The number of hydrogen-bond donors (Lipinski definition) is 4. The molecule has 9 heteroatoms. The van der Waals surface area contributed by atoms with E-state index in [1.165, 1.54) is 24.4 Å². The Morgan fingerprint density at radius 3 is 2.67 bits per heavy atom. The Labute approximate surface area is 195 Å². The Morgan fingerprint density at radius 1 is 1.18 bits per heavy atom. The smallest absolute Gasteiger partial charge is 0.267 e. The summed E-state index contributed by atoms with van der Waals surface area (Å²) in [5.41, 5.74) is 6.07. The average Bonchev–Trinajstić information content (AvgIpc) is 3.24. The third-order valence-corrected chi connectivity index (χ3v) is 7.30. The predicted molar refractivity (Wildman–Crippen MR) is 130 cm³/mol. The number of carbonyl (C=O) groups is 1. The quantitative estimate of drug-likeness (QED) is 0.215. The van der Waals surface area contributed by atoms with Crippen LogP contribution in [0.25, 0.3) is 6.08 Å².